The van der Waals surface area contributed by atoms with Crippen molar-refractivity contribution < 1.29 is 9.84 Å². The maximum Gasteiger partial charge on any atom is 0.177 e. The van der Waals surface area contributed by atoms with Gasteiger partial charge in [0.2, 0.25) is 0 Å². The molecule has 0 atom stereocenters. The van der Waals surface area contributed by atoms with E-state index in [9.17, 15) is 5.11 Å². The Hall–Kier alpha value is -2.43. The van der Waals surface area contributed by atoms with Gasteiger partial charge in [-0.15, -0.1) is 11.3 Å². The lowest BCUT2D eigenvalue weighted by Gasteiger charge is -2.04. The van der Waals surface area contributed by atoms with Crippen molar-refractivity contribution in [3.05, 3.63) is 24.5 Å². The summed E-state index contributed by atoms with van der Waals surface area (Å²) >= 11 is 2.93. The van der Waals surface area contributed by atoms with Crippen LogP contribution in [0.2, 0.25) is 0 Å². The average molecular weight is 374 g/mol. The smallest absolute Gasteiger partial charge is 0.177 e. The summed E-state index contributed by atoms with van der Waals surface area (Å²) in [5, 5.41) is 10.0. The Balaban J connectivity index is 1.80. The number of aromatic nitrogens is 5. The van der Waals surface area contributed by atoms with Crippen molar-refractivity contribution in [2.75, 3.05) is 19.5 Å². The molecule has 3 heterocycles. The molecule has 0 amide bonds. The molecule has 0 saturated carbocycles. The van der Waals surface area contributed by atoms with Crippen molar-refractivity contribution >= 4 is 50.3 Å². The second-order valence-corrected chi connectivity index (χ2v) is 7.30. The molecule has 1 aromatic carbocycles. The van der Waals surface area contributed by atoms with Crippen LogP contribution in [0.5, 0.6) is 5.75 Å². The van der Waals surface area contributed by atoms with Crippen molar-refractivity contribution in [1.82, 2.24) is 24.5 Å². The first kappa shape index (κ1) is 16.1. The van der Waals surface area contributed by atoms with Gasteiger partial charge in [-0.05, 0) is 23.9 Å². The van der Waals surface area contributed by atoms with Crippen LogP contribution in [0.25, 0.3) is 21.4 Å². The van der Waals surface area contributed by atoms with Gasteiger partial charge < -0.3 is 20.1 Å². The van der Waals surface area contributed by atoms with E-state index >= 15 is 0 Å². The number of nitrogens with two attached hydrogens (primary N) is 1. The summed E-state index contributed by atoms with van der Waals surface area (Å²) in [6, 6.07) is 5.76. The molecule has 0 unspecified atom stereocenters. The van der Waals surface area contributed by atoms with Gasteiger partial charge in [-0.3, -0.25) is 0 Å². The summed E-state index contributed by atoms with van der Waals surface area (Å²) in [5.74, 6) is 1.11. The number of nitrogens with zero attached hydrogens (tertiary/aromatic N) is 5. The molecule has 0 aliphatic rings. The third kappa shape index (κ3) is 2.77. The van der Waals surface area contributed by atoms with Crippen LogP contribution in [0.4, 0.5) is 5.82 Å². The zero-order valence-corrected chi connectivity index (χ0v) is 14.8. The maximum absolute atomic E-state index is 9.38. The predicted octanol–water partition coefficient (Wildman–Crippen LogP) is 2.17. The fraction of sp³-hybridized carbons (Fsp3) is 0.200. The Kier molecular flexibility index (Phi) is 4.15. The van der Waals surface area contributed by atoms with Crippen LogP contribution < -0.4 is 10.5 Å². The zero-order valence-electron chi connectivity index (χ0n) is 13.2. The first-order chi connectivity index (χ1) is 12.2. The minimum Gasteiger partial charge on any atom is -0.495 e. The Morgan fingerprint density at radius 3 is 3.00 bits per heavy atom. The standard InChI is InChI=1S/C15H14N6O2S2/c1-23-9-4-2-3-8-11(9)24-15(19-8)25-14-20-10-12(16)17-7-18-13(10)21(14)5-6-22/h2-4,7,22H,5-6H2,1H3,(H2,16,17,18). The first-order valence-corrected chi connectivity index (χ1v) is 9.03. The van der Waals surface area contributed by atoms with E-state index in [1.165, 1.54) is 29.4 Å². The Bertz CT molecular complexity index is 1060. The van der Waals surface area contributed by atoms with Gasteiger partial charge >= 0.3 is 0 Å². The van der Waals surface area contributed by atoms with Crippen molar-refractivity contribution in [2.45, 2.75) is 16.0 Å². The van der Waals surface area contributed by atoms with Crippen LogP contribution in [-0.4, -0.2) is 43.3 Å². The van der Waals surface area contributed by atoms with E-state index in [4.69, 9.17) is 10.5 Å². The molecule has 10 heteroatoms. The number of ether oxygens (including phenoxy) is 1. The first-order valence-electron chi connectivity index (χ1n) is 7.40. The van der Waals surface area contributed by atoms with Gasteiger partial charge in [-0.2, -0.15) is 0 Å². The van der Waals surface area contributed by atoms with Crippen LogP contribution >= 0.6 is 23.1 Å². The molecule has 3 N–H and O–H groups in total. The minimum atomic E-state index is -0.0312. The van der Waals surface area contributed by atoms with E-state index in [0.717, 1.165) is 20.3 Å². The Labute approximate surface area is 150 Å². The number of fused-ring (bicyclic) bond motifs is 2. The third-order valence-corrected chi connectivity index (χ3v) is 5.75. The molecule has 128 valence electrons. The Morgan fingerprint density at radius 2 is 2.20 bits per heavy atom. The maximum atomic E-state index is 9.38. The van der Waals surface area contributed by atoms with Crippen LogP contribution in [0, 0.1) is 0 Å². The summed E-state index contributed by atoms with van der Waals surface area (Å²) in [6.07, 6.45) is 1.39. The fourth-order valence-electron chi connectivity index (χ4n) is 2.50. The van der Waals surface area contributed by atoms with Crippen LogP contribution in [0.3, 0.4) is 0 Å². The number of methoxy groups -OCH3 is 1. The third-order valence-electron chi connectivity index (χ3n) is 3.61. The highest BCUT2D eigenvalue weighted by atomic mass is 32.2. The van der Waals surface area contributed by atoms with E-state index in [-0.39, 0.29) is 6.61 Å². The number of aliphatic hydroxyl groups is 1. The average Bonchev–Trinajstić information content (AvgIpc) is 3.18. The topological polar surface area (TPSA) is 112 Å². The van der Waals surface area contributed by atoms with Gasteiger partial charge in [0.25, 0.3) is 0 Å². The van der Waals surface area contributed by atoms with Gasteiger partial charge in [-0.25, -0.2) is 19.9 Å². The molecule has 4 aromatic rings. The summed E-state index contributed by atoms with van der Waals surface area (Å²) < 4.78 is 9.01. The summed E-state index contributed by atoms with van der Waals surface area (Å²) in [6.45, 7) is 0.333. The van der Waals surface area contributed by atoms with Crippen LogP contribution in [0.1, 0.15) is 0 Å². The molecule has 25 heavy (non-hydrogen) atoms. The van der Waals surface area contributed by atoms with Gasteiger partial charge in [0, 0.05) is 6.54 Å². The summed E-state index contributed by atoms with van der Waals surface area (Å²) in [5.41, 5.74) is 7.90. The molecule has 0 saturated heterocycles. The number of hydrogen-bond acceptors (Lipinski definition) is 9. The molecule has 0 spiro atoms. The molecule has 8 nitrogen and oxygen atoms in total. The normalized spacial score (nSPS) is 11.4. The highest BCUT2D eigenvalue weighted by molar-refractivity contribution is 8.01. The van der Waals surface area contributed by atoms with Crippen molar-refractivity contribution in [1.29, 1.82) is 0 Å². The molecule has 0 aliphatic carbocycles. The molecular weight excluding hydrogens is 360 g/mol. The number of rotatable bonds is 5. The molecule has 3 aromatic heterocycles. The van der Waals surface area contributed by atoms with Gasteiger partial charge in [0.05, 0.1) is 23.9 Å². The number of imidazole rings is 1. The lowest BCUT2D eigenvalue weighted by Crippen LogP contribution is -2.04. The lowest BCUT2D eigenvalue weighted by atomic mass is 10.3. The number of anilines is 1. The summed E-state index contributed by atoms with van der Waals surface area (Å²) in [4.78, 5) is 17.4. The SMILES string of the molecule is COc1cccc2nc(Sc3nc4c(N)ncnc4n3CCO)sc12. The van der Waals surface area contributed by atoms with Crippen molar-refractivity contribution in [3.63, 3.8) is 0 Å². The van der Waals surface area contributed by atoms with Crippen LogP contribution in [0.15, 0.2) is 34.0 Å². The molecular formula is C15H14N6O2S2. The van der Waals surface area contributed by atoms with Crippen molar-refractivity contribution in [2.24, 2.45) is 0 Å². The molecule has 4 rings (SSSR count). The highest BCUT2D eigenvalue weighted by Gasteiger charge is 2.18. The van der Waals surface area contributed by atoms with E-state index in [2.05, 4.69) is 19.9 Å². The zero-order chi connectivity index (χ0) is 17.4. The van der Waals surface area contributed by atoms with E-state index in [0.29, 0.717) is 28.7 Å². The van der Waals surface area contributed by atoms with Gasteiger partial charge in [0.15, 0.2) is 26.5 Å². The van der Waals surface area contributed by atoms with Gasteiger partial charge in [-0.1, -0.05) is 6.07 Å². The quantitative estimate of drug-likeness (QED) is 0.547. The van der Waals surface area contributed by atoms with E-state index < -0.39 is 0 Å². The van der Waals surface area contributed by atoms with Crippen molar-refractivity contribution in [3.8, 4) is 5.75 Å². The molecule has 0 bridgehead atoms. The molecule has 0 radical (unpaired) electrons. The van der Waals surface area contributed by atoms with Crippen LogP contribution in [-0.2, 0) is 6.54 Å². The number of thiazole rings is 1. The lowest BCUT2D eigenvalue weighted by molar-refractivity contribution is 0.273. The second kappa shape index (κ2) is 6.47. The largest absolute Gasteiger partial charge is 0.495 e. The summed E-state index contributed by atoms with van der Waals surface area (Å²) in [7, 11) is 1.64. The fourth-order valence-corrected chi connectivity index (χ4v) is 4.65. The minimum absolute atomic E-state index is 0.0312. The predicted molar refractivity (Wildman–Crippen MR) is 97.1 cm³/mol. The molecule has 0 aliphatic heterocycles. The highest BCUT2D eigenvalue weighted by Crippen LogP contribution is 2.38. The monoisotopic (exact) mass is 374 g/mol. The number of benzene rings is 1. The van der Waals surface area contributed by atoms with E-state index in [1.807, 2.05) is 22.8 Å². The van der Waals surface area contributed by atoms with Gasteiger partial charge in [0.1, 0.15) is 12.1 Å². The number of hydrogen-bond donors (Lipinski definition) is 2. The Morgan fingerprint density at radius 1 is 1.32 bits per heavy atom. The molecule has 0 fully saturated rings. The number of nitrogen functional groups attached to an aromatic ring is 1. The number of aliphatic hydroxyl groups excluding tert-OH is 1. The van der Waals surface area contributed by atoms with E-state index in [1.54, 1.807) is 7.11 Å². The second-order valence-electron chi connectivity index (χ2n) is 5.09.